The van der Waals surface area contributed by atoms with E-state index in [-0.39, 0.29) is 39.0 Å². The van der Waals surface area contributed by atoms with Crippen LogP contribution >= 0.6 is 12.2 Å². The van der Waals surface area contributed by atoms with Gasteiger partial charge < -0.3 is 14.8 Å². The van der Waals surface area contributed by atoms with Gasteiger partial charge in [0, 0.05) is 11.8 Å². The van der Waals surface area contributed by atoms with Crippen LogP contribution in [0.25, 0.3) is 0 Å². The van der Waals surface area contributed by atoms with E-state index in [1.807, 2.05) is 0 Å². The lowest BCUT2D eigenvalue weighted by molar-refractivity contribution is 0.0978. The van der Waals surface area contributed by atoms with E-state index in [2.05, 4.69) is 30.5 Å². The lowest BCUT2D eigenvalue weighted by Gasteiger charge is -2.12. The van der Waals surface area contributed by atoms with Crippen molar-refractivity contribution in [3.63, 3.8) is 0 Å². The molecular formula is C20H18N6O6S2. The number of ether oxygens (including phenoxy) is 2. The zero-order valence-corrected chi connectivity index (χ0v) is 19.4. The van der Waals surface area contributed by atoms with Gasteiger partial charge in [0.1, 0.15) is 5.69 Å². The normalized spacial score (nSPS) is 10.6. The number of nitrogens with zero attached hydrogens (tertiary/aromatic N) is 3. The topological polar surface area (TPSA) is 161 Å². The van der Waals surface area contributed by atoms with Crippen LogP contribution in [0.3, 0.4) is 0 Å². The van der Waals surface area contributed by atoms with Gasteiger partial charge >= 0.3 is 6.01 Å². The predicted octanol–water partition coefficient (Wildman–Crippen LogP) is 2.82. The van der Waals surface area contributed by atoms with E-state index in [1.165, 1.54) is 56.7 Å². The number of carbonyl (C=O) groups excluding carboxylic acids is 1. The molecule has 0 saturated carbocycles. The van der Waals surface area contributed by atoms with Gasteiger partial charge in [-0.3, -0.25) is 14.8 Å². The second-order valence-corrected chi connectivity index (χ2v) is 8.52. The summed E-state index contributed by atoms with van der Waals surface area (Å²) in [5.41, 5.74) is 0.451. The van der Waals surface area contributed by atoms with Crippen molar-refractivity contribution in [2.75, 3.05) is 24.3 Å². The Balaban J connectivity index is 1.68. The van der Waals surface area contributed by atoms with E-state index in [4.69, 9.17) is 21.7 Å². The molecule has 0 aliphatic carbocycles. The third kappa shape index (κ3) is 5.99. The van der Waals surface area contributed by atoms with Crippen LogP contribution in [-0.4, -0.2) is 43.6 Å². The molecule has 2 aromatic carbocycles. The van der Waals surface area contributed by atoms with E-state index in [0.29, 0.717) is 5.69 Å². The summed E-state index contributed by atoms with van der Waals surface area (Å²) in [5.74, 6) is -0.544. The summed E-state index contributed by atoms with van der Waals surface area (Å²) in [4.78, 5) is 30.9. The van der Waals surface area contributed by atoms with Crippen molar-refractivity contribution in [2.45, 2.75) is 4.90 Å². The number of methoxy groups -OCH3 is 2. The fourth-order valence-electron chi connectivity index (χ4n) is 2.64. The van der Waals surface area contributed by atoms with Crippen LogP contribution in [0.15, 0.2) is 64.7 Å². The van der Waals surface area contributed by atoms with E-state index < -0.39 is 15.9 Å². The quantitative estimate of drug-likeness (QED) is 0.308. The average molecular weight is 503 g/mol. The molecule has 0 radical (unpaired) electrons. The minimum Gasteiger partial charge on any atom is -0.481 e. The Hall–Kier alpha value is -4.17. The van der Waals surface area contributed by atoms with Crippen LogP contribution in [0.1, 0.15) is 10.4 Å². The maximum absolute atomic E-state index is 12.7. The number of nitrogens with one attached hydrogen (secondary N) is 3. The molecule has 0 aliphatic rings. The number of sulfonamides is 1. The van der Waals surface area contributed by atoms with Crippen molar-refractivity contribution in [3.05, 3.63) is 65.1 Å². The SMILES string of the molecule is COc1cc(NS(=O)(=O)c2ccc(NC(=S)NC(=O)c3ccccc3N=O)cc2)nc(OC)n1. The van der Waals surface area contributed by atoms with Crippen LogP contribution in [-0.2, 0) is 10.0 Å². The Morgan fingerprint density at radius 1 is 1.03 bits per heavy atom. The zero-order valence-electron chi connectivity index (χ0n) is 17.8. The van der Waals surface area contributed by atoms with Crippen molar-refractivity contribution in [1.82, 2.24) is 15.3 Å². The Labute approximate surface area is 199 Å². The molecule has 0 saturated heterocycles. The number of amides is 1. The number of benzene rings is 2. The molecule has 1 heterocycles. The van der Waals surface area contributed by atoms with Crippen LogP contribution in [0, 0.1) is 4.91 Å². The Morgan fingerprint density at radius 3 is 2.38 bits per heavy atom. The Bertz CT molecular complexity index is 1310. The smallest absolute Gasteiger partial charge is 0.321 e. The summed E-state index contributed by atoms with van der Waals surface area (Å²) in [6.07, 6.45) is 0. The molecule has 34 heavy (non-hydrogen) atoms. The van der Waals surface area contributed by atoms with Crippen LogP contribution in [0.4, 0.5) is 17.2 Å². The predicted molar refractivity (Wildman–Crippen MR) is 128 cm³/mol. The number of thiocarbonyl (C=S) groups is 1. The van der Waals surface area contributed by atoms with Gasteiger partial charge in [0.2, 0.25) is 5.88 Å². The summed E-state index contributed by atoms with van der Waals surface area (Å²) >= 11 is 5.11. The van der Waals surface area contributed by atoms with E-state index >= 15 is 0 Å². The standard InChI is InChI=1S/C20H18N6O6S2/c1-31-17-11-16(22-19(23-17)32-2)26-34(29,30)13-9-7-12(8-10-13)21-20(33)24-18(27)14-5-3-4-6-15(14)25-28/h3-11H,1-2H3,(H,22,23,26)(H2,21,24,27,33). The minimum atomic E-state index is -3.99. The zero-order chi connectivity index (χ0) is 24.7. The van der Waals surface area contributed by atoms with Gasteiger partial charge in [-0.2, -0.15) is 9.97 Å². The van der Waals surface area contributed by atoms with Crippen molar-refractivity contribution in [3.8, 4) is 11.9 Å². The molecule has 0 fully saturated rings. The van der Waals surface area contributed by atoms with Gasteiger partial charge in [0.15, 0.2) is 10.9 Å². The summed E-state index contributed by atoms with van der Waals surface area (Å²) in [6, 6.07) is 12.8. The summed E-state index contributed by atoms with van der Waals surface area (Å²) in [6.45, 7) is 0. The van der Waals surface area contributed by atoms with Crippen LogP contribution in [0.2, 0.25) is 0 Å². The Kier molecular flexibility index (Phi) is 7.65. The summed E-state index contributed by atoms with van der Waals surface area (Å²) < 4.78 is 37.7. The monoisotopic (exact) mass is 502 g/mol. The summed E-state index contributed by atoms with van der Waals surface area (Å²) in [7, 11) is -1.28. The van der Waals surface area contributed by atoms with Crippen molar-refractivity contribution in [1.29, 1.82) is 0 Å². The van der Waals surface area contributed by atoms with Crippen LogP contribution in [0.5, 0.6) is 11.9 Å². The van der Waals surface area contributed by atoms with E-state index in [0.717, 1.165) is 0 Å². The molecule has 0 atom stereocenters. The lowest BCUT2D eigenvalue weighted by atomic mass is 10.2. The first-order valence-corrected chi connectivity index (χ1v) is 11.3. The molecule has 3 rings (SSSR count). The van der Waals surface area contributed by atoms with E-state index in [1.54, 1.807) is 12.1 Å². The van der Waals surface area contributed by atoms with Crippen molar-refractivity contribution >= 4 is 50.5 Å². The largest absolute Gasteiger partial charge is 0.481 e. The Morgan fingerprint density at radius 2 is 1.74 bits per heavy atom. The second-order valence-electron chi connectivity index (χ2n) is 6.43. The minimum absolute atomic E-state index is 0.0243. The number of rotatable bonds is 8. The number of aromatic nitrogens is 2. The highest BCUT2D eigenvalue weighted by Crippen LogP contribution is 2.22. The molecule has 0 spiro atoms. The first-order valence-electron chi connectivity index (χ1n) is 9.40. The molecule has 12 nitrogen and oxygen atoms in total. The number of hydrogen-bond acceptors (Lipinski definition) is 10. The van der Waals surface area contributed by atoms with Gasteiger partial charge in [-0.25, -0.2) is 8.42 Å². The lowest BCUT2D eigenvalue weighted by Crippen LogP contribution is -2.34. The first-order chi connectivity index (χ1) is 16.2. The molecule has 1 amide bonds. The number of hydrogen-bond donors (Lipinski definition) is 3. The fourth-order valence-corrected chi connectivity index (χ4v) is 3.85. The molecule has 3 N–H and O–H groups in total. The second kappa shape index (κ2) is 10.6. The van der Waals surface area contributed by atoms with Crippen molar-refractivity contribution in [2.24, 2.45) is 5.18 Å². The molecule has 176 valence electrons. The molecule has 0 aliphatic heterocycles. The highest BCUT2D eigenvalue weighted by atomic mass is 32.2. The number of anilines is 2. The van der Waals surface area contributed by atoms with Crippen molar-refractivity contribution < 1.29 is 22.7 Å². The number of carbonyl (C=O) groups is 1. The van der Waals surface area contributed by atoms with Gasteiger partial charge in [-0.1, -0.05) is 12.1 Å². The highest BCUT2D eigenvalue weighted by Gasteiger charge is 2.17. The molecule has 1 aromatic heterocycles. The molecule has 3 aromatic rings. The van der Waals surface area contributed by atoms with Gasteiger partial charge in [0.05, 0.1) is 24.7 Å². The maximum atomic E-state index is 12.7. The highest BCUT2D eigenvalue weighted by molar-refractivity contribution is 7.92. The molecular weight excluding hydrogens is 484 g/mol. The van der Waals surface area contributed by atoms with Gasteiger partial charge in [0.25, 0.3) is 15.9 Å². The van der Waals surface area contributed by atoms with Gasteiger partial charge in [-0.15, -0.1) is 4.91 Å². The van der Waals surface area contributed by atoms with Crippen LogP contribution < -0.4 is 24.8 Å². The average Bonchev–Trinajstić information content (AvgIpc) is 2.83. The fraction of sp³-hybridized carbons (Fsp3) is 0.100. The maximum Gasteiger partial charge on any atom is 0.321 e. The number of nitroso groups, excluding NO2 is 1. The molecule has 0 unspecified atom stereocenters. The first kappa shape index (κ1) is 24.5. The van der Waals surface area contributed by atoms with Gasteiger partial charge in [-0.05, 0) is 53.8 Å². The third-order valence-electron chi connectivity index (χ3n) is 4.21. The molecule has 0 bridgehead atoms. The summed E-state index contributed by atoms with van der Waals surface area (Å²) in [5, 5.41) is 7.94. The third-order valence-corrected chi connectivity index (χ3v) is 5.78. The van der Waals surface area contributed by atoms with E-state index in [9.17, 15) is 18.1 Å². The molecule has 14 heteroatoms.